The second kappa shape index (κ2) is 6.80. The zero-order valence-corrected chi connectivity index (χ0v) is 9.71. The summed E-state index contributed by atoms with van der Waals surface area (Å²) in [5.41, 5.74) is 0. The Kier molecular flexibility index (Phi) is 5.65. The number of hydrogen-bond donors (Lipinski definition) is 2. The van der Waals surface area contributed by atoms with Gasteiger partial charge in [0.05, 0.1) is 0 Å². The molecule has 1 saturated carbocycles. The minimum atomic E-state index is 0.0225. The fraction of sp³-hybridized carbons (Fsp3) is 0.909. The molecule has 1 aliphatic carbocycles. The highest BCUT2D eigenvalue weighted by Gasteiger charge is 2.22. The minimum absolute atomic E-state index is 0.0225. The summed E-state index contributed by atoms with van der Waals surface area (Å²) in [5.74, 6) is 0.0225. The van der Waals surface area contributed by atoms with E-state index in [2.05, 4.69) is 24.5 Å². The van der Waals surface area contributed by atoms with Gasteiger partial charge in [-0.3, -0.25) is 4.79 Å². The molecule has 0 heterocycles. The van der Waals surface area contributed by atoms with Crippen LogP contribution in [0.5, 0.6) is 0 Å². The van der Waals surface area contributed by atoms with E-state index in [9.17, 15) is 4.79 Å². The first-order chi connectivity index (χ1) is 7.18. The first kappa shape index (κ1) is 12.5. The lowest BCUT2D eigenvalue weighted by Crippen LogP contribution is -2.30. The van der Waals surface area contributed by atoms with Gasteiger partial charge in [0.15, 0.2) is 0 Å². The SMILES string of the molecule is CC(C)NCCCOCC(=O)NC1CC1. The molecule has 4 heteroatoms. The van der Waals surface area contributed by atoms with Gasteiger partial charge in [-0.2, -0.15) is 0 Å². The van der Waals surface area contributed by atoms with Crippen LogP contribution in [0, 0.1) is 0 Å². The molecule has 2 N–H and O–H groups in total. The third-order valence-corrected chi connectivity index (χ3v) is 2.19. The zero-order valence-electron chi connectivity index (χ0n) is 9.71. The molecule has 1 amide bonds. The summed E-state index contributed by atoms with van der Waals surface area (Å²) in [6.07, 6.45) is 3.21. The number of hydrogen-bond acceptors (Lipinski definition) is 3. The first-order valence-corrected chi connectivity index (χ1v) is 5.79. The molecule has 88 valence electrons. The number of amides is 1. The molecule has 0 bridgehead atoms. The van der Waals surface area contributed by atoms with Crippen LogP contribution in [0.3, 0.4) is 0 Å². The third kappa shape index (κ3) is 7.33. The topological polar surface area (TPSA) is 50.4 Å². The van der Waals surface area contributed by atoms with Crippen molar-refractivity contribution in [3.05, 3.63) is 0 Å². The monoisotopic (exact) mass is 214 g/mol. The van der Waals surface area contributed by atoms with Gasteiger partial charge in [-0.05, 0) is 25.8 Å². The average molecular weight is 214 g/mol. The van der Waals surface area contributed by atoms with E-state index >= 15 is 0 Å². The largest absolute Gasteiger partial charge is 0.372 e. The van der Waals surface area contributed by atoms with E-state index in [0.717, 1.165) is 25.8 Å². The van der Waals surface area contributed by atoms with Crippen molar-refractivity contribution in [2.75, 3.05) is 19.8 Å². The Labute approximate surface area is 91.8 Å². The van der Waals surface area contributed by atoms with Crippen molar-refractivity contribution in [2.24, 2.45) is 0 Å². The lowest BCUT2D eigenvalue weighted by Gasteiger charge is -2.08. The van der Waals surface area contributed by atoms with E-state index in [-0.39, 0.29) is 12.5 Å². The number of rotatable bonds is 8. The van der Waals surface area contributed by atoms with Crippen LogP contribution in [0.15, 0.2) is 0 Å². The smallest absolute Gasteiger partial charge is 0.246 e. The van der Waals surface area contributed by atoms with Gasteiger partial charge in [-0.15, -0.1) is 0 Å². The van der Waals surface area contributed by atoms with Gasteiger partial charge in [0.25, 0.3) is 0 Å². The summed E-state index contributed by atoms with van der Waals surface area (Å²) in [6.45, 7) is 6.03. The Morgan fingerprint density at radius 3 is 2.80 bits per heavy atom. The second-order valence-electron chi connectivity index (χ2n) is 4.36. The molecule has 0 atom stereocenters. The van der Waals surface area contributed by atoms with Gasteiger partial charge in [0, 0.05) is 18.7 Å². The van der Waals surface area contributed by atoms with E-state index in [4.69, 9.17) is 4.74 Å². The van der Waals surface area contributed by atoms with E-state index in [1.54, 1.807) is 0 Å². The van der Waals surface area contributed by atoms with Crippen molar-refractivity contribution >= 4 is 5.91 Å². The maximum Gasteiger partial charge on any atom is 0.246 e. The molecule has 1 rings (SSSR count). The Morgan fingerprint density at radius 1 is 1.47 bits per heavy atom. The van der Waals surface area contributed by atoms with Crippen molar-refractivity contribution in [3.8, 4) is 0 Å². The predicted octanol–water partition coefficient (Wildman–Crippen LogP) is 0.670. The molecular formula is C11H22N2O2. The third-order valence-electron chi connectivity index (χ3n) is 2.19. The predicted molar refractivity (Wildman–Crippen MR) is 59.7 cm³/mol. The van der Waals surface area contributed by atoms with E-state index < -0.39 is 0 Å². The van der Waals surface area contributed by atoms with Gasteiger partial charge < -0.3 is 15.4 Å². The maximum absolute atomic E-state index is 11.2. The van der Waals surface area contributed by atoms with Crippen molar-refractivity contribution in [3.63, 3.8) is 0 Å². The zero-order chi connectivity index (χ0) is 11.1. The molecule has 0 unspecified atom stereocenters. The fourth-order valence-corrected chi connectivity index (χ4v) is 1.23. The van der Waals surface area contributed by atoms with E-state index in [0.29, 0.717) is 18.7 Å². The standard InChI is InChI=1S/C11H22N2O2/c1-9(2)12-6-3-7-15-8-11(14)13-10-4-5-10/h9-10,12H,3-8H2,1-2H3,(H,13,14). The van der Waals surface area contributed by atoms with Gasteiger partial charge in [0.2, 0.25) is 5.91 Å². The fourth-order valence-electron chi connectivity index (χ4n) is 1.23. The molecule has 0 spiro atoms. The highest BCUT2D eigenvalue weighted by molar-refractivity contribution is 5.77. The first-order valence-electron chi connectivity index (χ1n) is 5.79. The van der Waals surface area contributed by atoms with Crippen LogP contribution in [0.4, 0.5) is 0 Å². The molecule has 1 fully saturated rings. The summed E-state index contributed by atoms with van der Waals surface area (Å²) in [5, 5.41) is 6.18. The van der Waals surface area contributed by atoms with Crippen LogP contribution in [-0.4, -0.2) is 37.7 Å². The van der Waals surface area contributed by atoms with Crippen LogP contribution in [0.25, 0.3) is 0 Å². The molecule has 15 heavy (non-hydrogen) atoms. The van der Waals surface area contributed by atoms with Crippen molar-refractivity contribution in [2.45, 2.75) is 45.2 Å². The lowest BCUT2D eigenvalue weighted by atomic mass is 10.3. The summed E-state index contributed by atoms with van der Waals surface area (Å²) < 4.78 is 5.25. The molecular weight excluding hydrogens is 192 g/mol. The molecule has 0 aromatic heterocycles. The number of carbonyl (C=O) groups is 1. The van der Waals surface area contributed by atoms with Crippen LogP contribution in [0.2, 0.25) is 0 Å². The van der Waals surface area contributed by atoms with Gasteiger partial charge in [-0.25, -0.2) is 0 Å². The molecule has 1 aliphatic rings. The second-order valence-corrected chi connectivity index (χ2v) is 4.36. The van der Waals surface area contributed by atoms with Crippen LogP contribution >= 0.6 is 0 Å². The van der Waals surface area contributed by atoms with Crippen molar-refractivity contribution in [1.82, 2.24) is 10.6 Å². The van der Waals surface area contributed by atoms with Crippen LogP contribution in [-0.2, 0) is 9.53 Å². The number of ether oxygens (including phenoxy) is 1. The molecule has 4 nitrogen and oxygen atoms in total. The van der Waals surface area contributed by atoms with Crippen LogP contribution < -0.4 is 10.6 Å². The molecule has 0 aromatic rings. The summed E-state index contributed by atoms with van der Waals surface area (Å²) in [6, 6.07) is 0.951. The lowest BCUT2D eigenvalue weighted by molar-refractivity contribution is -0.125. The number of carbonyl (C=O) groups excluding carboxylic acids is 1. The molecule has 0 aliphatic heterocycles. The van der Waals surface area contributed by atoms with E-state index in [1.165, 1.54) is 0 Å². The number of nitrogens with one attached hydrogen (secondary N) is 2. The maximum atomic E-state index is 11.2. The van der Waals surface area contributed by atoms with Gasteiger partial charge >= 0.3 is 0 Å². The summed E-state index contributed by atoms with van der Waals surface area (Å²) in [4.78, 5) is 11.2. The van der Waals surface area contributed by atoms with Gasteiger partial charge in [0.1, 0.15) is 6.61 Å². The highest BCUT2D eigenvalue weighted by atomic mass is 16.5. The Morgan fingerprint density at radius 2 is 2.20 bits per heavy atom. The normalized spacial score (nSPS) is 15.7. The van der Waals surface area contributed by atoms with Crippen molar-refractivity contribution in [1.29, 1.82) is 0 Å². The van der Waals surface area contributed by atoms with Crippen LogP contribution in [0.1, 0.15) is 33.1 Å². The molecule has 0 radical (unpaired) electrons. The Bertz CT molecular complexity index is 191. The molecule has 0 aromatic carbocycles. The molecule has 0 saturated heterocycles. The highest BCUT2D eigenvalue weighted by Crippen LogP contribution is 2.18. The Hall–Kier alpha value is -0.610. The summed E-state index contributed by atoms with van der Waals surface area (Å²) >= 11 is 0. The van der Waals surface area contributed by atoms with Crippen molar-refractivity contribution < 1.29 is 9.53 Å². The van der Waals surface area contributed by atoms with Gasteiger partial charge in [-0.1, -0.05) is 13.8 Å². The average Bonchev–Trinajstić information content (AvgIpc) is 2.94. The summed E-state index contributed by atoms with van der Waals surface area (Å²) in [7, 11) is 0. The minimum Gasteiger partial charge on any atom is -0.372 e. The van der Waals surface area contributed by atoms with E-state index in [1.807, 2.05) is 0 Å². The Balaban J connectivity index is 1.81. The quantitative estimate of drug-likeness (QED) is 0.584.